The van der Waals surface area contributed by atoms with Crippen LogP contribution >= 0.6 is 21.9 Å². The molecule has 4 aromatic rings. The maximum absolute atomic E-state index is 15.9. The van der Waals surface area contributed by atoms with Gasteiger partial charge in [-0.1, -0.05) is 17.4 Å². The molecule has 1 saturated heterocycles. The van der Waals surface area contributed by atoms with Gasteiger partial charge in [0, 0.05) is 24.8 Å². The van der Waals surface area contributed by atoms with E-state index in [1.54, 1.807) is 19.2 Å². The minimum atomic E-state index is -4.68. The zero-order valence-electron chi connectivity index (χ0n) is 20.3. The number of nitrogens with zero attached hydrogens (tertiary/aromatic N) is 4. The van der Waals surface area contributed by atoms with E-state index in [4.69, 9.17) is 0 Å². The van der Waals surface area contributed by atoms with Crippen molar-refractivity contribution in [3.05, 3.63) is 71.9 Å². The van der Waals surface area contributed by atoms with Gasteiger partial charge in [-0.2, -0.15) is 10.6 Å². The highest BCUT2D eigenvalue weighted by atomic mass is 32.3. The summed E-state index contributed by atoms with van der Waals surface area (Å²) in [5.74, 6) is -2.32. The number of aryl methyl sites for hydroxylation is 1. The Balaban J connectivity index is 1.58. The van der Waals surface area contributed by atoms with Crippen LogP contribution in [0.2, 0.25) is 0 Å². The molecule has 0 atom stereocenters. The molecule has 0 bridgehead atoms. The molecule has 3 heterocycles. The van der Waals surface area contributed by atoms with Crippen LogP contribution in [0.3, 0.4) is 0 Å². The summed E-state index contributed by atoms with van der Waals surface area (Å²) < 4.78 is 91.3. The molecule has 0 amide bonds. The number of anilines is 2. The Hall–Kier alpha value is -3.24. The molecule has 39 heavy (non-hydrogen) atoms. The normalized spacial score (nSPS) is 16.2. The van der Waals surface area contributed by atoms with Crippen LogP contribution in [-0.4, -0.2) is 57.1 Å². The quantitative estimate of drug-likeness (QED) is 0.271. The molecule has 0 unspecified atom stereocenters. The highest BCUT2D eigenvalue weighted by molar-refractivity contribution is 8.24. The van der Waals surface area contributed by atoms with Crippen molar-refractivity contribution in [1.82, 2.24) is 15.0 Å². The van der Waals surface area contributed by atoms with E-state index in [0.717, 1.165) is 12.1 Å². The number of hydrogen-bond acceptors (Lipinski definition) is 9. The van der Waals surface area contributed by atoms with Crippen LogP contribution in [0.25, 0.3) is 21.8 Å². The van der Waals surface area contributed by atoms with Gasteiger partial charge in [-0.05, 0) is 43.3 Å². The van der Waals surface area contributed by atoms with Crippen molar-refractivity contribution in [1.29, 1.82) is 0 Å². The van der Waals surface area contributed by atoms with Gasteiger partial charge in [-0.3, -0.25) is 13.8 Å². The number of aromatic nitrogens is 3. The van der Waals surface area contributed by atoms with Crippen molar-refractivity contribution in [2.45, 2.75) is 11.8 Å². The van der Waals surface area contributed by atoms with Crippen molar-refractivity contribution in [3.63, 3.8) is 0 Å². The van der Waals surface area contributed by atoms with Gasteiger partial charge in [-0.25, -0.2) is 36.5 Å². The fourth-order valence-electron chi connectivity index (χ4n) is 3.98. The Morgan fingerprint density at radius 2 is 1.79 bits per heavy atom. The highest BCUT2D eigenvalue weighted by Crippen LogP contribution is 2.45. The molecular formula is C24H22F3N5O4S3. The Bertz CT molecular complexity index is 1660. The third-order valence-corrected chi connectivity index (χ3v) is 10.1. The predicted octanol–water partition coefficient (Wildman–Crippen LogP) is 5.36. The molecule has 15 heteroatoms. The molecule has 9 nitrogen and oxygen atoms in total. The second-order valence-electron chi connectivity index (χ2n) is 8.71. The lowest BCUT2D eigenvalue weighted by molar-refractivity contribution is 0.479. The summed E-state index contributed by atoms with van der Waals surface area (Å²) in [4.78, 5) is 14.6. The van der Waals surface area contributed by atoms with Gasteiger partial charge >= 0.3 is 0 Å². The number of nitrogens with one attached hydrogen (secondary N) is 1. The van der Waals surface area contributed by atoms with E-state index in [-0.39, 0.29) is 22.8 Å². The molecule has 206 valence electrons. The van der Waals surface area contributed by atoms with Crippen molar-refractivity contribution >= 4 is 42.8 Å². The van der Waals surface area contributed by atoms with Crippen LogP contribution in [0.1, 0.15) is 5.82 Å². The fourth-order valence-corrected chi connectivity index (χ4v) is 7.46. The van der Waals surface area contributed by atoms with Crippen molar-refractivity contribution < 1.29 is 30.7 Å². The lowest BCUT2D eigenvalue weighted by atomic mass is 10.1. The molecule has 5 rings (SSSR count). The van der Waals surface area contributed by atoms with Gasteiger partial charge in [0.05, 0.1) is 33.5 Å². The minimum absolute atomic E-state index is 0.0509. The average Bonchev–Trinajstić information content (AvgIpc) is 3.32. The van der Waals surface area contributed by atoms with Crippen LogP contribution < -0.4 is 9.62 Å². The molecule has 3 N–H and O–H groups in total. The van der Waals surface area contributed by atoms with Crippen LogP contribution in [0.5, 0.6) is 0 Å². The van der Waals surface area contributed by atoms with Crippen LogP contribution in [0.4, 0.5) is 24.0 Å². The van der Waals surface area contributed by atoms with E-state index in [1.807, 2.05) is 9.62 Å². The number of halogens is 3. The SMILES string of the molecule is Cc1nccc(-c2sc(N3CCS(O)(O)CC3)nc2-c2cccc(NS(=O)(=O)c3cc(F)ccc3F)c2F)n1. The summed E-state index contributed by atoms with van der Waals surface area (Å²) in [7, 11) is -7.33. The fraction of sp³-hybridized carbons (Fsp3) is 0.208. The van der Waals surface area contributed by atoms with Gasteiger partial charge in [0.1, 0.15) is 22.4 Å². The summed E-state index contributed by atoms with van der Waals surface area (Å²) in [6.07, 6.45) is 1.55. The van der Waals surface area contributed by atoms with E-state index in [9.17, 15) is 26.3 Å². The van der Waals surface area contributed by atoms with Gasteiger partial charge in [-0.15, -0.1) is 0 Å². The zero-order chi connectivity index (χ0) is 27.9. The molecule has 1 aliphatic rings. The molecule has 2 aromatic heterocycles. The predicted molar refractivity (Wildman–Crippen MR) is 145 cm³/mol. The Morgan fingerprint density at radius 3 is 2.51 bits per heavy atom. The lowest BCUT2D eigenvalue weighted by Crippen LogP contribution is -2.38. The second-order valence-corrected chi connectivity index (χ2v) is 13.8. The smallest absolute Gasteiger partial charge is 0.265 e. The lowest BCUT2D eigenvalue weighted by Gasteiger charge is -2.40. The summed E-state index contributed by atoms with van der Waals surface area (Å²) in [5.41, 5.74) is 0.114. The maximum Gasteiger partial charge on any atom is 0.265 e. The molecule has 1 fully saturated rings. The monoisotopic (exact) mass is 597 g/mol. The topological polar surface area (TPSA) is 129 Å². The first-order chi connectivity index (χ1) is 18.4. The summed E-state index contributed by atoms with van der Waals surface area (Å²) >= 11 is 1.22. The first-order valence-corrected chi connectivity index (χ1v) is 15.7. The van der Waals surface area contributed by atoms with E-state index >= 15 is 4.39 Å². The zero-order valence-corrected chi connectivity index (χ0v) is 22.8. The molecule has 1 aliphatic heterocycles. The molecule has 0 radical (unpaired) electrons. The van der Waals surface area contributed by atoms with Crippen LogP contribution in [0.15, 0.2) is 53.6 Å². The number of sulfonamides is 1. The van der Waals surface area contributed by atoms with Crippen molar-refractivity contribution in [2.75, 3.05) is 34.2 Å². The van der Waals surface area contributed by atoms with E-state index < -0.39 is 48.6 Å². The third-order valence-electron chi connectivity index (χ3n) is 5.95. The van der Waals surface area contributed by atoms with E-state index in [2.05, 4.69) is 15.0 Å². The first kappa shape index (κ1) is 27.3. The van der Waals surface area contributed by atoms with Crippen LogP contribution in [-0.2, 0) is 10.0 Å². The largest absolute Gasteiger partial charge is 0.345 e. The number of thiazole rings is 1. The highest BCUT2D eigenvalue weighted by Gasteiger charge is 2.28. The van der Waals surface area contributed by atoms with Crippen molar-refractivity contribution in [3.8, 4) is 21.8 Å². The summed E-state index contributed by atoms with van der Waals surface area (Å²) in [5, 5.41) is 0.499. The van der Waals surface area contributed by atoms with Crippen LogP contribution in [0, 0.1) is 24.4 Å². The van der Waals surface area contributed by atoms with Gasteiger partial charge in [0.15, 0.2) is 10.9 Å². The molecule has 2 aromatic carbocycles. The van der Waals surface area contributed by atoms with E-state index in [0.29, 0.717) is 46.7 Å². The molecular weight excluding hydrogens is 575 g/mol. The average molecular weight is 598 g/mol. The Labute approximate surface area is 227 Å². The Kier molecular flexibility index (Phi) is 7.28. The van der Waals surface area contributed by atoms with Gasteiger partial charge < -0.3 is 4.90 Å². The van der Waals surface area contributed by atoms with Gasteiger partial charge in [0.2, 0.25) is 0 Å². The van der Waals surface area contributed by atoms with Crippen molar-refractivity contribution in [2.24, 2.45) is 0 Å². The third kappa shape index (κ3) is 5.72. The Morgan fingerprint density at radius 1 is 1.05 bits per heavy atom. The number of rotatable bonds is 6. The first-order valence-electron chi connectivity index (χ1n) is 11.5. The number of benzene rings is 2. The summed E-state index contributed by atoms with van der Waals surface area (Å²) in [6, 6.07) is 7.57. The molecule has 0 spiro atoms. The standard InChI is InChI=1S/C24H22F3N5O4S3/c1-14-28-8-7-19(29-14)23-22(30-24(37-23)32-9-11-38(33,34)12-10-32)16-3-2-4-18(21(16)27)31-39(35,36)20-13-15(25)5-6-17(20)26/h2-8,13,31,33-34H,9-12H2,1H3. The minimum Gasteiger partial charge on any atom is -0.345 e. The molecule has 0 aliphatic carbocycles. The number of hydrogen-bond donors (Lipinski definition) is 3. The maximum atomic E-state index is 15.9. The van der Waals surface area contributed by atoms with Gasteiger partial charge in [0.25, 0.3) is 10.0 Å². The molecule has 0 saturated carbocycles. The summed E-state index contributed by atoms with van der Waals surface area (Å²) in [6.45, 7) is 2.36. The second kappa shape index (κ2) is 10.4. The van der Waals surface area contributed by atoms with E-state index in [1.165, 1.54) is 23.5 Å².